The summed E-state index contributed by atoms with van der Waals surface area (Å²) in [7, 11) is 1.84. The maximum absolute atomic E-state index is 6.30. The summed E-state index contributed by atoms with van der Waals surface area (Å²) in [6.07, 6.45) is 8.87. The molecule has 1 saturated heterocycles. The third-order valence-corrected chi connectivity index (χ3v) is 5.94. The van der Waals surface area contributed by atoms with Crippen LogP contribution in [0.3, 0.4) is 0 Å². The summed E-state index contributed by atoms with van der Waals surface area (Å²) in [5.41, 5.74) is 0.244. The zero-order valence-corrected chi connectivity index (χ0v) is 10.2. The van der Waals surface area contributed by atoms with E-state index in [0.29, 0.717) is 6.10 Å². The van der Waals surface area contributed by atoms with Crippen molar-refractivity contribution >= 4 is 0 Å². The van der Waals surface area contributed by atoms with Gasteiger partial charge in [-0.3, -0.25) is 0 Å². The van der Waals surface area contributed by atoms with E-state index in [1.165, 1.54) is 38.5 Å². The van der Waals surface area contributed by atoms with Crippen molar-refractivity contribution in [1.82, 2.24) is 0 Å². The Morgan fingerprint density at radius 2 is 1.62 bits per heavy atom. The van der Waals surface area contributed by atoms with Gasteiger partial charge in [0.15, 0.2) is 0 Å². The second kappa shape index (κ2) is 3.23. The Hall–Kier alpha value is -0.0800. The van der Waals surface area contributed by atoms with Crippen molar-refractivity contribution in [2.45, 2.75) is 50.2 Å². The quantitative estimate of drug-likeness (QED) is 0.679. The minimum atomic E-state index is 0.244. The third-order valence-electron chi connectivity index (χ3n) is 5.94. The van der Waals surface area contributed by atoms with E-state index in [4.69, 9.17) is 9.47 Å². The zero-order valence-electron chi connectivity index (χ0n) is 10.2. The smallest absolute Gasteiger partial charge is 0.0832 e. The monoisotopic (exact) mass is 222 g/mol. The average molecular weight is 222 g/mol. The Balaban J connectivity index is 1.64. The zero-order chi connectivity index (χ0) is 10.8. The van der Waals surface area contributed by atoms with Gasteiger partial charge >= 0.3 is 0 Å². The molecule has 1 aliphatic heterocycles. The second-order valence-electron chi connectivity index (χ2n) is 6.63. The summed E-state index contributed by atoms with van der Waals surface area (Å²) in [5.74, 6) is 3.81. The van der Waals surface area contributed by atoms with Gasteiger partial charge in [-0.2, -0.15) is 0 Å². The predicted molar refractivity (Wildman–Crippen MR) is 61.1 cm³/mol. The molecule has 0 radical (unpaired) electrons. The van der Waals surface area contributed by atoms with Gasteiger partial charge in [-0.1, -0.05) is 0 Å². The first kappa shape index (κ1) is 9.90. The summed E-state index contributed by atoms with van der Waals surface area (Å²) in [5, 5.41) is 0. The Bertz CT molecular complexity index is 271. The van der Waals surface area contributed by atoms with Crippen molar-refractivity contribution in [3.63, 3.8) is 0 Å². The highest BCUT2D eigenvalue weighted by Gasteiger charge is 2.60. The van der Waals surface area contributed by atoms with E-state index in [-0.39, 0.29) is 5.60 Å². The molecule has 1 spiro atoms. The number of ether oxygens (including phenoxy) is 2. The van der Waals surface area contributed by atoms with Gasteiger partial charge in [0.1, 0.15) is 0 Å². The molecule has 5 aliphatic rings. The van der Waals surface area contributed by atoms with E-state index in [2.05, 4.69) is 0 Å². The molecular weight excluding hydrogens is 200 g/mol. The highest BCUT2D eigenvalue weighted by atomic mass is 16.6. The molecule has 0 aromatic heterocycles. The van der Waals surface area contributed by atoms with Gasteiger partial charge in [-0.25, -0.2) is 0 Å². The normalized spacial score (nSPS) is 58.7. The summed E-state index contributed by atoms with van der Waals surface area (Å²) in [6.45, 7) is 0.846. The minimum absolute atomic E-state index is 0.244. The highest BCUT2D eigenvalue weighted by Crippen LogP contribution is 2.62. The summed E-state index contributed by atoms with van der Waals surface area (Å²) < 4.78 is 11.8. The van der Waals surface area contributed by atoms with E-state index >= 15 is 0 Å². The first-order valence-electron chi connectivity index (χ1n) is 6.97. The molecule has 1 atom stereocenters. The van der Waals surface area contributed by atoms with E-state index in [9.17, 15) is 0 Å². The lowest BCUT2D eigenvalue weighted by atomic mass is 9.49. The summed E-state index contributed by atoms with van der Waals surface area (Å²) in [4.78, 5) is 0. The number of methoxy groups -OCH3 is 1. The lowest BCUT2D eigenvalue weighted by molar-refractivity contribution is -0.179. The SMILES string of the molecule is COC1COC2(C1)C1CC3CC(C1)CC2C3. The lowest BCUT2D eigenvalue weighted by Crippen LogP contribution is -2.57. The van der Waals surface area contributed by atoms with Crippen LogP contribution in [-0.2, 0) is 9.47 Å². The van der Waals surface area contributed by atoms with Crippen LogP contribution in [0.5, 0.6) is 0 Å². The predicted octanol–water partition coefficient (Wildman–Crippen LogP) is 2.62. The molecule has 5 rings (SSSR count). The van der Waals surface area contributed by atoms with Crippen LogP contribution in [-0.4, -0.2) is 25.4 Å². The van der Waals surface area contributed by atoms with Crippen LogP contribution >= 0.6 is 0 Å². The first-order valence-corrected chi connectivity index (χ1v) is 6.97. The van der Waals surface area contributed by atoms with E-state index in [1.54, 1.807) is 0 Å². The Kier molecular flexibility index (Phi) is 2.00. The molecular formula is C14H22O2. The van der Waals surface area contributed by atoms with Crippen molar-refractivity contribution in [2.75, 3.05) is 13.7 Å². The first-order chi connectivity index (χ1) is 7.80. The molecule has 90 valence electrons. The van der Waals surface area contributed by atoms with Crippen molar-refractivity contribution < 1.29 is 9.47 Å². The molecule has 2 heteroatoms. The molecule has 0 amide bonds. The minimum Gasteiger partial charge on any atom is -0.379 e. The van der Waals surface area contributed by atoms with E-state index in [1.807, 2.05) is 7.11 Å². The van der Waals surface area contributed by atoms with Gasteiger partial charge in [0, 0.05) is 13.5 Å². The number of hydrogen-bond donors (Lipinski definition) is 0. The maximum atomic E-state index is 6.30. The van der Waals surface area contributed by atoms with Crippen LogP contribution in [0.25, 0.3) is 0 Å². The molecule has 0 aromatic carbocycles. The fourth-order valence-corrected chi connectivity index (χ4v) is 5.42. The van der Waals surface area contributed by atoms with Crippen LogP contribution < -0.4 is 0 Å². The maximum Gasteiger partial charge on any atom is 0.0832 e. The van der Waals surface area contributed by atoms with Gasteiger partial charge in [-0.05, 0) is 55.8 Å². The molecule has 0 N–H and O–H groups in total. The standard InChI is InChI=1S/C14H22O2/c1-15-13-7-14(16-8-13)11-3-9-2-10(5-11)6-12(14)4-9/h9-13H,2-8H2,1H3. The van der Waals surface area contributed by atoms with Crippen molar-refractivity contribution in [3.05, 3.63) is 0 Å². The number of hydrogen-bond acceptors (Lipinski definition) is 2. The van der Waals surface area contributed by atoms with Gasteiger partial charge in [0.25, 0.3) is 0 Å². The molecule has 4 bridgehead atoms. The molecule has 1 unspecified atom stereocenters. The summed E-state index contributed by atoms with van der Waals surface area (Å²) in [6, 6.07) is 0. The van der Waals surface area contributed by atoms with Gasteiger partial charge in [-0.15, -0.1) is 0 Å². The Morgan fingerprint density at radius 3 is 2.12 bits per heavy atom. The lowest BCUT2D eigenvalue weighted by Gasteiger charge is -2.59. The third kappa shape index (κ3) is 1.15. The molecule has 4 saturated carbocycles. The van der Waals surface area contributed by atoms with Crippen molar-refractivity contribution in [3.8, 4) is 0 Å². The van der Waals surface area contributed by atoms with E-state index < -0.39 is 0 Å². The molecule has 16 heavy (non-hydrogen) atoms. The second-order valence-corrected chi connectivity index (χ2v) is 6.63. The average Bonchev–Trinajstić information content (AvgIpc) is 2.70. The highest BCUT2D eigenvalue weighted by molar-refractivity contribution is 5.10. The topological polar surface area (TPSA) is 18.5 Å². The van der Waals surface area contributed by atoms with Crippen LogP contribution in [0, 0.1) is 23.7 Å². The molecule has 5 fully saturated rings. The van der Waals surface area contributed by atoms with Crippen LogP contribution in [0.2, 0.25) is 0 Å². The molecule has 0 aromatic rings. The van der Waals surface area contributed by atoms with Crippen LogP contribution in [0.15, 0.2) is 0 Å². The number of rotatable bonds is 1. The fraction of sp³-hybridized carbons (Fsp3) is 1.00. The largest absolute Gasteiger partial charge is 0.379 e. The van der Waals surface area contributed by atoms with Gasteiger partial charge in [0.2, 0.25) is 0 Å². The summed E-state index contributed by atoms with van der Waals surface area (Å²) >= 11 is 0. The van der Waals surface area contributed by atoms with Crippen molar-refractivity contribution in [1.29, 1.82) is 0 Å². The Labute approximate surface area is 97.7 Å². The Morgan fingerprint density at radius 1 is 1.00 bits per heavy atom. The van der Waals surface area contributed by atoms with Crippen molar-refractivity contribution in [2.24, 2.45) is 23.7 Å². The molecule has 4 aliphatic carbocycles. The molecule has 2 nitrogen and oxygen atoms in total. The molecule has 1 heterocycles. The van der Waals surface area contributed by atoms with Gasteiger partial charge in [0.05, 0.1) is 18.3 Å². The van der Waals surface area contributed by atoms with Crippen LogP contribution in [0.4, 0.5) is 0 Å². The van der Waals surface area contributed by atoms with Gasteiger partial charge < -0.3 is 9.47 Å². The fourth-order valence-electron chi connectivity index (χ4n) is 5.42. The van der Waals surface area contributed by atoms with Crippen LogP contribution in [0.1, 0.15) is 38.5 Å². The van der Waals surface area contributed by atoms with E-state index in [0.717, 1.165) is 30.3 Å².